The minimum absolute atomic E-state index is 1.08. The van der Waals surface area contributed by atoms with Gasteiger partial charge in [-0.05, 0) is 37.0 Å². The molecule has 0 atom stereocenters. The van der Waals surface area contributed by atoms with E-state index in [-0.39, 0.29) is 0 Å². The molecule has 0 bridgehead atoms. The summed E-state index contributed by atoms with van der Waals surface area (Å²) < 4.78 is 0. The highest BCUT2D eigenvalue weighted by Crippen LogP contribution is 2.12. The predicted octanol–water partition coefficient (Wildman–Crippen LogP) is 2.74. The molecule has 0 saturated heterocycles. The number of rotatable bonds is 1. The van der Waals surface area contributed by atoms with Crippen molar-refractivity contribution in [2.75, 3.05) is 0 Å². The zero-order valence-electron chi connectivity index (χ0n) is 6.65. The van der Waals surface area contributed by atoms with E-state index >= 15 is 0 Å². The third kappa shape index (κ3) is 1.21. The molecule has 1 rings (SSSR count). The Bertz CT molecular complexity index is 223. The van der Waals surface area contributed by atoms with Crippen molar-refractivity contribution >= 4 is 0 Å². The molecule has 0 heterocycles. The lowest BCUT2D eigenvalue weighted by Crippen LogP contribution is -1.88. The highest BCUT2D eigenvalue weighted by molar-refractivity contribution is 5.36. The van der Waals surface area contributed by atoms with Gasteiger partial charge >= 0.3 is 0 Å². The predicted molar refractivity (Wildman–Crippen MR) is 45.0 cm³/mol. The first-order chi connectivity index (χ1) is 4.75. The van der Waals surface area contributed by atoms with Crippen molar-refractivity contribution in [3.8, 4) is 0 Å². The summed E-state index contributed by atoms with van der Waals surface area (Å²) in [6.45, 7) is 8.25. The van der Waals surface area contributed by atoms with Gasteiger partial charge in [0, 0.05) is 0 Å². The molecule has 0 spiro atoms. The van der Waals surface area contributed by atoms with Crippen LogP contribution in [-0.4, -0.2) is 0 Å². The molecule has 0 N–H and O–H groups in total. The van der Waals surface area contributed by atoms with Crippen LogP contribution in [0.5, 0.6) is 0 Å². The van der Waals surface area contributed by atoms with Crippen LogP contribution in [0.3, 0.4) is 0 Å². The van der Waals surface area contributed by atoms with Crippen LogP contribution >= 0.6 is 0 Å². The quantitative estimate of drug-likeness (QED) is 0.552. The van der Waals surface area contributed by atoms with Crippen molar-refractivity contribution in [1.29, 1.82) is 0 Å². The average Bonchev–Trinajstić information content (AvgIpc) is 1.95. The zero-order chi connectivity index (χ0) is 7.56. The van der Waals surface area contributed by atoms with Gasteiger partial charge in [-0.2, -0.15) is 0 Å². The lowest BCUT2D eigenvalue weighted by Gasteiger charge is -2.04. The van der Waals surface area contributed by atoms with E-state index in [1.54, 1.807) is 0 Å². The van der Waals surface area contributed by atoms with Gasteiger partial charge < -0.3 is 0 Å². The second-order valence-corrected chi connectivity index (χ2v) is 2.57. The maximum atomic E-state index is 3.99. The summed E-state index contributed by atoms with van der Waals surface area (Å²) in [6.07, 6.45) is 1.08. The molecule has 0 saturated carbocycles. The van der Waals surface area contributed by atoms with Crippen LogP contribution in [-0.2, 0) is 6.42 Å². The van der Waals surface area contributed by atoms with E-state index in [0.717, 1.165) is 6.42 Å². The van der Waals surface area contributed by atoms with Crippen LogP contribution in [0.1, 0.15) is 23.6 Å². The number of hydrogen-bond acceptors (Lipinski definition) is 0. The fraction of sp³-hybridized carbons (Fsp3) is 0.300. The van der Waals surface area contributed by atoms with Gasteiger partial charge in [-0.3, -0.25) is 0 Å². The van der Waals surface area contributed by atoms with Crippen LogP contribution in [0.4, 0.5) is 0 Å². The Morgan fingerprint density at radius 1 is 1.40 bits per heavy atom. The van der Waals surface area contributed by atoms with Crippen LogP contribution in [0.2, 0.25) is 0 Å². The van der Waals surface area contributed by atoms with Gasteiger partial charge in [-0.1, -0.05) is 25.1 Å². The molecule has 0 fully saturated rings. The van der Waals surface area contributed by atoms with Crippen molar-refractivity contribution in [1.82, 2.24) is 0 Å². The minimum atomic E-state index is 1.08. The molecule has 0 aromatic heterocycles. The summed E-state index contributed by atoms with van der Waals surface area (Å²) in [5.41, 5.74) is 3.85. The molecule has 10 heavy (non-hydrogen) atoms. The fourth-order valence-corrected chi connectivity index (χ4v) is 1.09. The van der Waals surface area contributed by atoms with E-state index in [1.165, 1.54) is 16.7 Å². The molecule has 0 aliphatic heterocycles. The molecule has 1 aromatic carbocycles. The number of benzene rings is 1. The van der Waals surface area contributed by atoms with Crippen molar-refractivity contribution in [2.45, 2.75) is 20.3 Å². The third-order valence-electron chi connectivity index (χ3n) is 1.89. The Kier molecular flexibility index (Phi) is 2.10. The topological polar surface area (TPSA) is 0 Å². The lowest BCUT2D eigenvalue weighted by atomic mass is 10.0. The molecular formula is C10H13. The van der Waals surface area contributed by atoms with Gasteiger partial charge in [0.1, 0.15) is 0 Å². The van der Waals surface area contributed by atoms with Gasteiger partial charge in [0.2, 0.25) is 0 Å². The maximum Gasteiger partial charge on any atom is -0.0233 e. The summed E-state index contributed by atoms with van der Waals surface area (Å²) in [5.74, 6) is 0. The van der Waals surface area contributed by atoms with E-state index in [9.17, 15) is 0 Å². The molecule has 0 aliphatic rings. The minimum Gasteiger partial charge on any atom is -0.0617 e. The molecular weight excluding hydrogens is 120 g/mol. The summed E-state index contributed by atoms with van der Waals surface area (Å²) in [4.78, 5) is 0. The van der Waals surface area contributed by atoms with E-state index in [1.807, 2.05) is 0 Å². The van der Waals surface area contributed by atoms with Gasteiger partial charge in [-0.15, -0.1) is 0 Å². The molecule has 0 heteroatoms. The molecule has 0 amide bonds. The second-order valence-electron chi connectivity index (χ2n) is 2.57. The van der Waals surface area contributed by atoms with Crippen LogP contribution in [0.25, 0.3) is 0 Å². The summed E-state index contributed by atoms with van der Waals surface area (Å²) >= 11 is 0. The van der Waals surface area contributed by atoms with Crippen molar-refractivity contribution < 1.29 is 0 Å². The first-order valence-electron chi connectivity index (χ1n) is 3.66. The average molecular weight is 133 g/mol. The summed E-state index contributed by atoms with van der Waals surface area (Å²) in [7, 11) is 0. The molecule has 0 nitrogen and oxygen atoms in total. The Morgan fingerprint density at radius 3 is 2.60 bits per heavy atom. The van der Waals surface area contributed by atoms with Crippen LogP contribution in [0.15, 0.2) is 18.2 Å². The van der Waals surface area contributed by atoms with Gasteiger partial charge in [0.15, 0.2) is 0 Å². The van der Waals surface area contributed by atoms with E-state index < -0.39 is 0 Å². The molecule has 0 unspecified atom stereocenters. The zero-order valence-corrected chi connectivity index (χ0v) is 6.65. The van der Waals surface area contributed by atoms with E-state index in [4.69, 9.17) is 0 Å². The molecule has 1 aromatic rings. The Balaban J connectivity index is 3.14. The highest BCUT2D eigenvalue weighted by Gasteiger charge is 1.95. The monoisotopic (exact) mass is 133 g/mol. The van der Waals surface area contributed by atoms with E-state index in [0.29, 0.717) is 0 Å². The maximum absolute atomic E-state index is 3.99. The van der Waals surface area contributed by atoms with Crippen molar-refractivity contribution in [2.24, 2.45) is 0 Å². The standard InChI is InChI=1S/C10H13/c1-4-10-7-5-6-8(2)9(10)3/h5-7H,3-4H2,1-2H3. The van der Waals surface area contributed by atoms with Gasteiger partial charge in [0.25, 0.3) is 0 Å². The second kappa shape index (κ2) is 2.87. The Labute approximate surface area is 62.9 Å². The van der Waals surface area contributed by atoms with Crippen molar-refractivity contribution in [3.05, 3.63) is 41.8 Å². The molecule has 53 valence electrons. The van der Waals surface area contributed by atoms with Crippen molar-refractivity contribution in [3.63, 3.8) is 0 Å². The van der Waals surface area contributed by atoms with Gasteiger partial charge in [0.05, 0.1) is 0 Å². The van der Waals surface area contributed by atoms with Crippen LogP contribution in [0, 0.1) is 13.8 Å². The summed E-state index contributed by atoms with van der Waals surface area (Å²) in [6, 6.07) is 6.32. The fourth-order valence-electron chi connectivity index (χ4n) is 1.09. The normalized spacial score (nSPS) is 9.90. The number of aryl methyl sites for hydroxylation is 2. The van der Waals surface area contributed by atoms with Crippen LogP contribution < -0.4 is 0 Å². The summed E-state index contributed by atoms with van der Waals surface area (Å²) in [5, 5.41) is 0. The third-order valence-corrected chi connectivity index (χ3v) is 1.89. The Morgan fingerprint density at radius 2 is 2.10 bits per heavy atom. The molecule has 1 radical (unpaired) electrons. The first kappa shape index (κ1) is 7.33. The van der Waals surface area contributed by atoms with E-state index in [2.05, 4.69) is 39.0 Å². The Hall–Kier alpha value is -0.780. The van der Waals surface area contributed by atoms with Gasteiger partial charge in [-0.25, -0.2) is 0 Å². The highest BCUT2D eigenvalue weighted by atomic mass is 14.0. The lowest BCUT2D eigenvalue weighted by molar-refractivity contribution is 1.11. The smallest absolute Gasteiger partial charge is 0.0233 e. The largest absolute Gasteiger partial charge is 0.0617 e. The molecule has 0 aliphatic carbocycles. The number of hydrogen-bond donors (Lipinski definition) is 0. The SMILES string of the molecule is [CH2]c1c(C)cccc1CC. The first-order valence-corrected chi connectivity index (χ1v) is 3.66.